The number of halogens is 1. The molecule has 1 amide bonds. The Morgan fingerprint density at radius 1 is 1.17 bits per heavy atom. The summed E-state index contributed by atoms with van der Waals surface area (Å²) in [6.45, 7) is 5.71. The number of carbonyl (C=O) groups is 1. The van der Waals surface area contributed by atoms with E-state index in [0.717, 1.165) is 22.5 Å². The molecular weight excluding hydrogens is 360 g/mol. The number of nitrogens with one attached hydrogen (secondary N) is 3. The lowest BCUT2D eigenvalue weighted by molar-refractivity contribution is 0.0954. The molecule has 3 N–H and O–H groups in total. The number of hydrogen-bond acceptors (Lipinski definition) is 6. The molecular formula is C15H19BrN6O. The number of rotatable bonds is 7. The van der Waals surface area contributed by atoms with Crippen LogP contribution in [-0.4, -0.2) is 40.5 Å². The Bertz CT molecular complexity index is 679. The Balaban J connectivity index is 1.82. The molecule has 2 aromatic heterocycles. The molecule has 122 valence electrons. The van der Waals surface area contributed by atoms with E-state index < -0.39 is 0 Å². The highest BCUT2D eigenvalue weighted by Gasteiger charge is 2.06. The van der Waals surface area contributed by atoms with E-state index in [1.165, 1.54) is 6.20 Å². The van der Waals surface area contributed by atoms with Crippen molar-refractivity contribution < 1.29 is 4.79 Å². The summed E-state index contributed by atoms with van der Waals surface area (Å²) in [5.74, 6) is 1.16. The smallest absolute Gasteiger partial charge is 0.252 e. The van der Waals surface area contributed by atoms with E-state index in [2.05, 4.69) is 46.8 Å². The molecule has 0 unspecified atom stereocenters. The van der Waals surface area contributed by atoms with E-state index in [-0.39, 0.29) is 5.91 Å². The number of aryl methyl sites for hydroxylation is 1. The molecule has 0 radical (unpaired) electrons. The molecule has 2 heterocycles. The second-order valence-electron chi connectivity index (χ2n) is 4.82. The van der Waals surface area contributed by atoms with Gasteiger partial charge >= 0.3 is 0 Å². The normalized spacial score (nSPS) is 10.2. The molecule has 0 bridgehead atoms. The fraction of sp³-hybridized carbons (Fsp3) is 0.333. The second kappa shape index (κ2) is 8.42. The van der Waals surface area contributed by atoms with E-state index >= 15 is 0 Å². The zero-order chi connectivity index (χ0) is 16.7. The molecule has 8 heteroatoms. The number of anilines is 2. The van der Waals surface area contributed by atoms with Gasteiger partial charge in [0.15, 0.2) is 0 Å². The fourth-order valence-corrected chi connectivity index (χ4v) is 2.27. The summed E-state index contributed by atoms with van der Waals surface area (Å²) >= 11 is 3.29. The van der Waals surface area contributed by atoms with Crippen LogP contribution in [-0.2, 0) is 0 Å². The third kappa shape index (κ3) is 5.48. The highest BCUT2D eigenvalue weighted by atomic mass is 79.9. The lowest BCUT2D eigenvalue weighted by Gasteiger charge is -2.09. The Labute approximate surface area is 143 Å². The van der Waals surface area contributed by atoms with E-state index in [9.17, 15) is 4.79 Å². The van der Waals surface area contributed by atoms with Crippen molar-refractivity contribution in [1.29, 1.82) is 0 Å². The van der Waals surface area contributed by atoms with Crippen LogP contribution in [0.3, 0.4) is 0 Å². The maximum absolute atomic E-state index is 12.0. The van der Waals surface area contributed by atoms with Crippen LogP contribution in [0.25, 0.3) is 0 Å². The zero-order valence-electron chi connectivity index (χ0n) is 13.1. The molecule has 0 saturated carbocycles. The van der Waals surface area contributed by atoms with Crippen molar-refractivity contribution in [2.45, 2.75) is 13.8 Å². The van der Waals surface area contributed by atoms with Crippen LogP contribution in [0.2, 0.25) is 0 Å². The van der Waals surface area contributed by atoms with Crippen molar-refractivity contribution >= 4 is 33.6 Å². The Morgan fingerprint density at radius 3 is 2.74 bits per heavy atom. The second-order valence-corrected chi connectivity index (χ2v) is 5.74. The molecule has 0 saturated heterocycles. The van der Waals surface area contributed by atoms with Crippen molar-refractivity contribution in [2.24, 2.45) is 0 Å². The monoisotopic (exact) mass is 378 g/mol. The minimum atomic E-state index is -0.168. The van der Waals surface area contributed by atoms with Crippen LogP contribution < -0.4 is 16.0 Å². The number of carbonyl (C=O) groups excluding carboxylic acids is 1. The van der Waals surface area contributed by atoms with Crippen molar-refractivity contribution in [3.8, 4) is 0 Å². The average molecular weight is 379 g/mol. The summed E-state index contributed by atoms with van der Waals surface area (Å²) in [5, 5.41) is 9.07. The quantitative estimate of drug-likeness (QED) is 0.639. The lowest BCUT2D eigenvalue weighted by atomic mass is 10.3. The first-order valence-corrected chi connectivity index (χ1v) is 8.10. The molecule has 0 aliphatic heterocycles. The average Bonchev–Trinajstić information content (AvgIpc) is 2.51. The Kier molecular flexibility index (Phi) is 6.28. The van der Waals surface area contributed by atoms with Gasteiger partial charge in [0.25, 0.3) is 5.91 Å². The minimum absolute atomic E-state index is 0.168. The summed E-state index contributed by atoms with van der Waals surface area (Å²) in [7, 11) is 0. The van der Waals surface area contributed by atoms with Gasteiger partial charge in [-0.1, -0.05) is 0 Å². The number of amides is 1. The van der Waals surface area contributed by atoms with Gasteiger partial charge in [-0.15, -0.1) is 0 Å². The largest absolute Gasteiger partial charge is 0.370 e. The van der Waals surface area contributed by atoms with Gasteiger partial charge in [-0.25, -0.2) is 4.98 Å². The number of nitrogens with zero attached hydrogens (tertiary/aromatic N) is 3. The van der Waals surface area contributed by atoms with Crippen LogP contribution in [0.4, 0.5) is 11.8 Å². The van der Waals surface area contributed by atoms with Gasteiger partial charge in [0.2, 0.25) is 5.95 Å². The molecule has 0 aromatic carbocycles. The van der Waals surface area contributed by atoms with Gasteiger partial charge < -0.3 is 16.0 Å². The molecule has 7 nitrogen and oxygen atoms in total. The number of aromatic nitrogens is 3. The topological polar surface area (TPSA) is 91.8 Å². The van der Waals surface area contributed by atoms with E-state index in [0.29, 0.717) is 24.6 Å². The first-order chi connectivity index (χ1) is 11.1. The predicted octanol–water partition coefficient (Wildman–Crippen LogP) is 2.22. The maximum Gasteiger partial charge on any atom is 0.252 e. The van der Waals surface area contributed by atoms with Crippen LogP contribution in [0.5, 0.6) is 0 Å². The third-order valence-electron chi connectivity index (χ3n) is 2.87. The van der Waals surface area contributed by atoms with Crippen LogP contribution >= 0.6 is 15.9 Å². The predicted molar refractivity (Wildman–Crippen MR) is 93.7 cm³/mol. The molecule has 0 aliphatic carbocycles. The summed E-state index contributed by atoms with van der Waals surface area (Å²) in [4.78, 5) is 24.6. The first-order valence-electron chi connectivity index (χ1n) is 7.30. The molecule has 2 aromatic rings. The van der Waals surface area contributed by atoms with E-state index in [1.807, 2.05) is 19.9 Å². The van der Waals surface area contributed by atoms with E-state index in [4.69, 9.17) is 0 Å². The van der Waals surface area contributed by atoms with Gasteiger partial charge in [-0.05, 0) is 35.8 Å². The SMILES string of the molecule is CCNc1cc(C)nc(NCCNC(=O)c2cncc(Br)c2)n1. The number of hydrogen-bond donors (Lipinski definition) is 3. The Morgan fingerprint density at radius 2 is 2.00 bits per heavy atom. The minimum Gasteiger partial charge on any atom is -0.370 e. The molecule has 23 heavy (non-hydrogen) atoms. The first kappa shape index (κ1) is 17.1. The zero-order valence-corrected chi connectivity index (χ0v) is 14.6. The van der Waals surface area contributed by atoms with E-state index in [1.54, 1.807) is 12.3 Å². The summed E-state index contributed by atoms with van der Waals surface area (Å²) in [6.07, 6.45) is 3.16. The van der Waals surface area contributed by atoms with Gasteiger partial charge in [-0.3, -0.25) is 9.78 Å². The molecule has 0 fully saturated rings. The lowest BCUT2D eigenvalue weighted by Crippen LogP contribution is -2.29. The highest BCUT2D eigenvalue weighted by Crippen LogP contribution is 2.10. The molecule has 0 atom stereocenters. The van der Waals surface area contributed by atoms with Gasteiger partial charge in [0.05, 0.1) is 5.56 Å². The van der Waals surface area contributed by atoms with Crippen molar-refractivity contribution in [1.82, 2.24) is 20.3 Å². The molecule has 0 spiro atoms. The van der Waals surface area contributed by atoms with Gasteiger partial charge in [0.1, 0.15) is 5.82 Å². The Hall–Kier alpha value is -2.22. The van der Waals surface area contributed by atoms with Crippen LogP contribution in [0.15, 0.2) is 29.0 Å². The van der Waals surface area contributed by atoms with Crippen LogP contribution in [0, 0.1) is 6.92 Å². The van der Waals surface area contributed by atoms with Crippen LogP contribution in [0.1, 0.15) is 23.0 Å². The van der Waals surface area contributed by atoms with Crippen molar-refractivity contribution in [3.63, 3.8) is 0 Å². The van der Waals surface area contributed by atoms with Crippen molar-refractivity contribution in [3.05, 3.63) is 40.3 Å². The summed E-state index contributed by atoms with van der Waals surface area (Å²) in [6, 6.07) is 3.61. The summed E-state index contributed by atoms with van der Waals surface area (Å²) in [5.41, 5.74) is 1.39. The highest BCUT2D eigenvalue weighted by molar-refractivity contribution is 9.10. The molecule has 2 rings (SSSR count). The van der Waals surface area contributed by atoms with Crippen molar-refractivity contribution in [2.75, 3.05) is 30.3 Å². The standard InChI is InChI=1S/C15H19BrN6O/c1-3-18-13-6-10(2)21-15(22-13)20-5-4-19-14(23)11-7-12(16)9-17-8-11/h6-9H,3-5H2,1-2H3,(H,19,23)(H2,18,20,21,22). The number of pyridine rings is 1. The maximum atomic E-state index is 12.0. The fourth-order valence-electron chi connectivity index (χ4n) is 1.91. The van der Waals surface area contributed by atoms with Gasteiger partial charge in [0, 0.05) is 48.3 Å². The van der Waals surface area contributed by atoms with Gasteiger partial charge in [-0.2, -0.15) is 4.98 Å². The third-order valence-corrected chi connectivity index (χ3v) is 3.31. The summed E-state index contributed by atoms with van der Waals surface area (Å²) < 4.78 is 0.771. The molecule has 0 aliphatic rings.